The monoisotopic (exact) mass is 371 g/mol. The summed E-state index contributed by atoms with van der Waals surface area (Å²) in [4.78, 5) is 10.6. The maximum absolute atomic E-state index is 11.1. The first-order chi connectivity index (χ1) is 12.9. The van der Waals surface area contributed by atoms with Crippen molar-refractivity contribution >= 4 is 11.9 Å². The maximum Gasteiger partial charge on any atom is 0.314 e. The van der Waals surface area contributed by atoms with Gasteiger partial charge in [0.1, 0.15) is 12.1 Å². The van der Waals surface area contributed by atoms with Crippen molar-refractivity contribution in [3.05, 3.63) is 51.6 Å². The van der Waals surface area contributed by atoms with Gasteiger partial charge in [0.25, 0.3) is 5.95 Å². The van der Waals surface area contributed by atoms with Crippen molar-refractivity contribution in [2.24, 2.45) is 5.10 Å². The predicted molar refractivity (Wildman–Crippen MR) is 95.8 cm³/mol. The van der Waals surface area contributed by atoms with Crippen LogP contribution in [0.4, 0.5) is 5.69 Å². The van der Waals surface area contributed by atoms with Crippen LogP contribution in [0.2, 0.25) is 0 Å². The lowest BCUT2D eigenvalue weighted by Gasteiger charge is -2.08. The molecule has 0 spiro atoms. The Morgan fingerprint density at radius 1 is 1.19 bits per heavy atom. The van der Waals surface area contributed by atoms with Crippen LogP contribution in [-0.4, -0.2) is 50.0 Å². The molecule has 140 valence electrons. The Labute approximate surface area is 154 Å². The van der Waals surface area contributed by atoms with Gasteiger partial charge in [-0.2, -0.15) is 14.9 Å². The first kappa shape index (κ1) is 18.0. The second kappa shape index (κ2) is 7.23. The van der Waals surface area contributed by atoms with E-state index in [1.165, 1.54) is 43.6 Å². The maximum atomic E-state index is 11.1. The summed E-state index contributed by atoms with van der Waals surface area (Å²) in [6.07, 6.45) is 2.90. The molecule has 0 saturated carbocycles. The van der Waals surface area contributed by atoms with E-state index >= 15 is 0 Å². The van der Waals surface area contributed by atoms with Crippen LogP contribution in [0.3, 0.4) is 0 Å². The van der Waals surface area contributed by atoms with Crippen LogP contribution in [0, 0.1) is 24.0 Å². The molecule has 0 saturated heterocycles. The number of aromatic nitrogens is 5. The van der Waals surface area contributed by atoms with E-state index in [1.54, 1.807) is 4.68 Å². The summed E-state index contributed by atoms with van der Waals surface area (Å²) in [6, 6.07) is 4.68. The van der Waals surface area contributed by atoms with Crippen LogP contribution in [0.25, 0.3) is 5.95 Å². The molecule has 2 aromatic heterocycles. The molecule has 2 heterocycles. The van der Waals surface area contributed by atoms with Gasteiger partial charge in [-0.15, -0.1) is 10.2 Å². The highest BCUT2D eigenvalue weighted by atomic mass is 16.6. The van der Waals surface area contributed by atoms with Gasteiger partial charge >= 0.3 is 5.69 Å². The third-order valence-corrected chi connectivity index (χ3v) is 3.76. The van der Waals surface area contributed by atoms with Crippen LogP contribution in [0.5, 0.6) is 11.5 Å². The molecule has 11 nitrogen and oxygen atoms in total. The van der Waals surface area contributed by atoms with Gasteiger partial charge in [-0.3, -0.25) is 10.1 Å². The molecule has 3 aromatic rings. The number of nitrogens with zero attached hydrogens (tertiary/aromatic N) is 7. The van der Waals surface area contributed by atoms with Gasteiger partial charge in [0.05, 0.1) is 37.1 Å². The molecule has 0 bridgehead atoms. The normalized spacial score (nSPS) is 11.1. The zero-order chi connectivity index (χ0) is 19.6. The summed E-state index contributed by atoms with van der Waals surface area (Å²) in [7, 11) is 2.78. The van der Waals surface area contributed by atoms with Gasteiger partial charge in [-0.1, -0.05) is 0 Å². The molecule has 11 heteroatoms. The Morgan fingerprint density at radius 3 is 2.52 bits per heavy atom. The first-order valence-electron chi connectivity index (χ1n) is 7.83. The summed E-state index contributed by atoms with van der Waals surface area (Å²) >= 11 is 0. The zero-order valence-electron chi connectivity index (χ0n) is 15.2. The van der Waals surface area contributed by atoms with Crippen LogP contribution >= 0.6 is 0 Å². The van der Waals surface area contributed by atoms with Crippen molar-refractivity contribution < 1.29 is 14.4 Å². The number of nitro groups is 1. The fourth-order valence-electron chi connectivity index (χ4n) is 2.55. The predicted octanol–water partition coefficient (Wildman–Crippen LogP) is 1.89. The second-order valence-corrected chi connectivity index (χ2v) is 5.58. The molecule has 27 heavy (non-hydrogen) atoms. The molecule has 3 rings (SSSR count). The quantitative estimate of drug-likeness (QED) is 0.368. The summed E-state index contributed by atoms with van der Waals surface area (Å²) < 4.78 is 13.4. The number of ether oxygens (including phenoxy) is 2. The van der Waals surface area contributed by atoms with E-state index in [0.29, 0.717) is 11.5 Å². The minimum absolute atomic E-state index is 0.102. The van der Waals surface area contributed by atoms with Crippen molar-refractivity contribution in [1.82, 2.24) is 24.7 Å². The number of benzene rings is 1. The summed E-state index contributed by atoms with van der Waals surface area (Å²) in [5, 5.41) is 27.7. The largest absolute Gasteiger partial charge is 0.496 e. The highest BCUT2D eigenvalue weighted by molar-refractivity contribution is 5.85. The Bertz CT molecular complexity index is 1020. The van der Waals surface area contributed by atoms with Crippen LogP contribution in [-0.2, 0) is 0 Å². The lowest BCUT2D eigenvalue weighted by atomic mass is 10.2. The Balaban J connectivity index is 2.01. The third-order valence-electron chi connectivity index (χ3n) is 3.76. The van der Waals surface area contributed by atoms with E-state index in [-0.39, 0.29) is 17.2 Å². The van der Waals surface area contributed by atoms with E-state index in [2.05, 4.69) is 20.4 Å². The number of hydrogen-bond acceptors (Lipinski definition) is 8. The molecule has 0 N–H and O–H groups in total. The molecule has 0 atom stereocenters. The molecule has 1 aromatic carbocycles. The lowest BCUT2D eigenvalue weighted by molar-refractivity contribution is -0.385. The van der Waals surface area contributed by atoms with E-state index in [1.807, 2.05) is 19.9 Å². The average Bonchev–Trinajstić information content (AvgIpc) is 3.24. The fourth-order valence-corrected chi connectivity index (χ4v) is 2.55. The fraction of sp³-hybridized carbons (Fsp3) is 0.250. The van der Waals surface area contributed by atoms with Crippen molar-refractivity contribution in [2.45, 2.75) is 13.8 Å². The summed E-state index contributed by atoms with van der Waals surface area (Å²) in [5.74, 6) is 0.793. The van der Waals surface area contributed by atoms with Gasteiger partial charge in [0.2, 0.25) is 0 Å². The average molecular weight is 371 g/mol. The van der Waals surface area contributed by atoms with Gasteiger partial charge in [0, 0.05) is 11.3 Å². The standard InChI is InChI=1S/C16H17N7O4/c1-10-5-11(2)22(20-10)16-19-17-9-21(16)18-8-12-6-15(27-4)13(23(24)25)7-14(12)26-3/h5-9H,1-4H3/b18-8-. The third kappa shape index (κ3) is 3.47. The molecule has 0 unspecified atom stereocenters. The molecule has 0 aliphatic carbocycles. The minimum atomic E-state index is -0.539. The van der Waals surface area contributed by atoms with Gasteiger partial charge in [-0.05, 0) is 26.0 Å². The summed E-state index contributed by atoms with van der Waals surface area (Å²) in [5.41, 5.74) is 2.02. The van der Waals surface area contributed by atoms with E-state index in [4.69, 9.17) is 9.47 Å². The van der Waals surface area contributed by atoms with E-state index in [0.717, 1.165) is 11.4 Å². The molecule has 0 aliphatic heterocycles. The molecule has 0 amide bonds. The number of hydrogen-bond donors (Lipinski definition) is 0. The van der Waals surface area contributed by atoms with Crippen LogP contribution in [0.1, 0.15) is 17.0 Å². The second-order valence-electron chi connectivity index (χ2n) is 5.58. The highest BCUT2D eigenvalue weighted by Gasteiger charge is 2.19. The van der Waals surface area contributed by atoms with Crippen molar-refractivity contribution in [3.8, 4) is 17.4 Å². The molecular formula is C16H17N7O4. The topological polar surface area (TPSA) is 122 Å². The highest BCUT2D eigenvalue weighted by Crippen LogP contribution is 2.33. The molecular weight excluding hydrogens is 354 g/mol. The number of rotatable bonds is 6. The smallest absolute Gasteiger partial charge is 0.314 e. The van der Waals surface area contributed by atoms with Crippen LogP contribution in [0.15, 0.2) is 29.6 Å². The number of aryl methyl sites for hydroxylation is 2. The van der Waals surface area contributed by atoms with Gasteiger partial charge < -0.3 is 9.47 Å². The summed E-state index contributed by atoms with van der Waals surface area (Å²) in [6.45, 7) is 3.77. The molecule has 0 fully saturated rings. The SMILES string of the molecule is COc1cc([N+](=O)[O-])c(OC)cc1/C=N\n1cnnc1-n1nc(C)cc1C. The Morgan fingerprint density at radius 2 is 1.93 bits per heavy atom. The zero-order valence-corrected chi connectivity index (χ0v) is 15.2. The van der Waals surface area contributed by atoms with Crippen molar-refractivity contribution in [3.63, 3.8) is 0 Å². The number of methoxy groups -OCH3 is 2. The molecule has 0 aliphatic rings. The van der Waals surface area contributed by atoms with Crippen LogP contribution < -0.4 is 9.47 Å². The van der Waals surface area contributed by atoms with Gasteiger partial charge in [-0.25, -0.2) is 4.68 Å². The van der Waals surface area contributed by atoms with E-state index in [9.17, 15) is 10.1 Å². The minimum Gasteiger partial charge on any atom is -0.496 e. The Kier molecular flexibility index (Phi) is 4.83. The first-order valence-corrected chi connectivity index (χ1v) is 7.83. The Hall–Kier alpha value is -3.76. The van der Waals surface area contributed by atoms with E-state index < -0.39 is 4.92 Å². The van der Waals surface area contributed by atoms with Crippen molar-refractivity contribution in [2.75, 3.05) is 14.2 Å². The van der Waals surface area contributed by atoms with Crippen molar-refractivity contribution in [1.29, 1.82) is 0 Å². The lowest BCUT2D eigenvalue weighted by Crippen LogP contribution is -2.07. The van der Waals surface area contributed by atoms with Gasteiger partial charge in [0.15, 0.2) is 5.75 Å². The molecule has 0 radical (unpaired) electrons. The number of nitro benzene ring substituents is 1.